The normalized spacial score (nSPS) is 11.8. The zero-order valence-corrected chi connectivity index (χ0v) is 9.75. The molecule has 0 radical (unpaired) electrons. The zero-order chi connectivity index (χ0) is 14.6. The molecule has 0 saturated carbocycles. The van der Waals surface area contributed by atoms with E-state index in [-0.39, 0.29) is 11.3 Å². The van der Waals surface area contributed by atoms with Crippen LogP contribution in [0.3, 0.4) is 0 Å². The highest BCUT2D eigenvalue weighted by molar-refractivity contribution is 6.06. The van der Waals surface area contributed by atoms with E-state index in [2.05, 4.69) is 5.32 Å². The maximum atomic E-state index is 12.4. The van der Waals surface area contributed by atoms with Gasteiger partial charge in [0.2, 0.25) is 0 Å². The lowest BCUT2D eigenvalue weighted by Gasteiger charge is -2.10. The summed E-state index contributed by atoms with van der Waals surface area (Å²) in [5, 5.41) is 20.1. The number of phenolic OH excluding ortho intramolecular Hbond substituents is 1. The van der Waals surface area contributed by atoms with Crippen molar-refractivity contribution in [3.8, 4) is 11.8 Å². The Hall–Kier alpha value is -2.49. The molecule has 1 rings (SSSR count). The summed E-state index contributed by atoms with van der Waals surface area (Å²) in [5.74, 6) is -1.76. The SMILES string of the molecule is C/C=C(/C#N)C(=O)Nc1ccc(C(F)(F)F)c(O)c1. The van der Waals surface area contributed by atoms with Crippen molar-refractivity contribution < 1.29 is 23.1 Å². The van der Waals surface area contributed by atoms with Crippen molar-refractivity contribution >= 4 is 11.6 Å². The van der Waals surface area contributed by atoms with Crippen molar-refractivity contribution in [1.29, 1.82) is 5.26 Å². The molecular formula is C12H9F3N2O2. The topological polar surface area (TPSA) is 73.1 Å². The maximum Gasteiger partial charge on any atom is 0.419 e. The van der Waals surface area contributed by atoms with Crippen LogP contribution in [0, 0.1) is 11.3 Å². The quantitative estimate of drug-likeness (QED) is 0.641. The second-order valence-electron chi connectivity index (χ2n) is 3.50. The number of phenols is 1. The van der Waals surface area contributed by atoms with Crippen LogP contribution in [0.15, 0.2) is 29.8 Å². The third-order valence-electron chi connectivity index (χ3n) is 2.21. The summed E-state index contributed by atoms with van der Waals surface area (Å²) in [6.45, 7) is 1.47. The monoisotopic (exact) mass is 270 g/mol. The predicted molar refractivity (Wildman–Crippen MR) is 61.1 cm³/mol. The summed E-state index contributed by atoms with van der Waals surface area (Å²) >= 11 is 0. The molecule has 2 N–H and O–H groups in total. The molecule has 0 heterocycles. The molecule has 0 atom stereocenters. The maximum absolute atomic E-state index is 12.4. The molecular weight excluding hydrogens is 261 g/mol. The second-order valence-corrected chi connectivity index (χ2v) is 3.50. The summed E-state index contributed by atoms with van der Waals surface area (Å²) in [5.41, 5.74) is -1.42. The molecule has 0 saturated heterocycles. The van der Waals surface area contributed by atoms with Gasteiger partial charge in [0.15, 0.2) is 0 Å². The Morgan fingerprint density at radius 2 is 2.11 bits per heavy atom. The van der Waals surface area contributed by atoms with Gasteiger partial charge in [-0.1, -0.05) is 6.08 Å². The van der Waals surface area contributed by atoms with E-state index in [1.54, 1.807) is 6.07 Å². The lowest BCUT2D eigenvalue weighted by Crippen LogP contribution is -2.13. The van der Waals surface area contributed by atoms with Crippen LogP contribution in [-0.4, -0.2) is 11.0 Å². The number of anilines is 1. The molecule has 0 aromatic heterocycles. The average molecular weight is 270 g/mol. The highest BCUT2D eigenvalue weighted by Gasteiger charge is 2.33. The first-order valence-electron chi connectivity index (χ1n) is 5.07. The smallest absolute Gasteiger partial charge is 0.419 e. The first kappa shape index (κ1) is 14.6. The standard InChI is InChI=1S/C12H9F3N2O2/c1-2-7(6-16)11(19)17-8-3-4-9(10(18)5-8)12(13,14)15/h2-5,18H,1H3,(H,17,19)/b7-2-. The van der Waals surface area contributed by atoms with Crippen LogP contribution in [0.1, 0.15) is 12.5 Å². The van der Waals surface area contributed by atoms with Crippen LogP contribution in [-0.2, 0) is 11.0 Å². The number of nitrogens with zero attached hydrogens (tertiary/aromatic N) is 1. The van der Waals surface area contributed by atoms with Crippen LogP contribution in [0.5, 0.6) is 5.75 Å². The Bertz CT molecular complexity index is 571. The van der Waals surface area contributed by atoms with E-state index in [1.807, 2.05) is 0 Å². The van der Waals surface area contributed by atoms with E-state index >= 15 is 0 Å². The van der Waals surface area contributed by atoms with Crippen molar-refractivity contribution in [2.45, 2.75) is 13.1 Å². The lowest BCUT2D eigenvalue weighted by atomic mass is 10.1. The van der Waals surface area contributed by atoms with Crippen molar-refractivity contribution in [3.63, 3.8) is 0 Å². The van der Waals surface area contributed by atoms with E-state index in [0.29, 0.717) is 6.07 Å². The van der Waals surface area contributed by atoms with Gasteiger partial charge in [0.05, 0.1) is 5.56 Å². The fraction of sp³-hybridized carbons (Fsp3) is 0.167. The number of nitriles is 1. The van der Waals surface area contributed by atoms with E-state index < -0.39 is 23.4 Å². The Kier molecular flexibility index (Phi) is 4.17. The number of carbonyl (C=O) groups is 1. The summed E-state index contributed by atoms with van der Waals surface area (Å²) in [6, 6.07) is 4.03. The summed E-state index contributed by atoms with van der Waals surface area (Å²) in [6.07, 6.45) is -3.41. The first-order valence-corrected chi connectivity index (χ1v) is 5.07. The molecule has 0 aliphatic carbocycles. The van der Waals surface area contributed by atoms with E-state index in [4.69, 9.17) is 5.26 Å². The van der Waals surface area contributed by atoms with Crippen LogP contribution < -0.4 is 5.32 Å². The number of carbonyl (C=O) groups excluding carboxylic acids is 1. The van der Waals surface area contributed by atoms with E-state index in [1.165, 1.54) is 13.0 Å². The number of aromatic hydroxyl groups is 1. The summed E-state index contributed by atoms with van der Waals surface area (Å²) in [7, 11) is 0. The highest BCUT2D eigenvalue weighted by atomic mass is 19.4. The highest BCUT2D eigenvalue weighted by Crippen LogP contribution is 2.36. The minimum atomic E-state index is -4.67. The molecule has 1 aromatic rings. The van der Waals surface area contributed by atoms with Crippen molar-refractivity contribution in [2.75, 3.05) is 5.32 Å². The van der Waals surface area contributed by atoms with E-state index in [9.17, 15) is 23.1 Å². The molecule has 0 unspecified atom stereocenters. The minimum absolute atomic E-state index is 0.0369. The van der Waals surface area contributed by atoms with E-state index in [0.717, 1.165) is 12.1 Å². The first-order chi connectivity index (χ1) is 8.79. The number of nitrogens with one attached hydrogen (secondary N) is 1. The molecule has 0 aliphatic rings. The number of allylic oxidation sites excluding steroid dienone is 1. The third kappa shape index (κ3) is 3.48. The number of hydrogen-bond donors (Lipinski definition) is 2. The van der Waals surface area contributed by atoms with Crippen LogP contribution in [0.25, 0.3) is 0 Å². The average Bonchev–Trinajstić information content (AvgIpc) is 2.28. The second kappa shape index (κ2) is 5.44. The molecule has 0 bridgehead atoms. The molecule has 100 valence electrons. The van der Waals surface area contributed by atoms with Gasteiger partial charge in [0, 0.05) is 11.8 Å². The van der Waals surface area contributed by atoms with Gasteiger partial charge in [-0.3, -0.25) is 4.79 Å². The Morgan fingerprint density at radius 1 is 1.47 bits per heavy atom. The van der Waals surface area contributed by atoms with Gasteiger partial charge in [-0.25, -0.2) is 0 Å². The van der Waals surface area contributed by atoms with Gasteiger partial charge in [-0.2, -0.15) is 18.4 Å². The molecule has 19 heavy (non-hydrogen) atoms. The number of amides is 1. The number of alkyl halides is 3. The lowest BCUT2D eigenvalue weighted by molar-refractivity contribution is -0.138. The Morgan fingerprint density at radius 3 is 2.53 bits per heavy atom. The fourth-order valence-electron chi connectivity index (χ4n) is 1.29. The molecule has 1 aromatic carbocycles. The summed E-state index contributed by atoms with van der Waals surface area (Å²) in [4.78, 5) is 11.5. The number of hydrogen-bond acceptors (Lipinski definition) is 3. The van der Waals surface area contributed by atoms with Crippen LogP contribution >= 0.6 is 0 Å². The molecule has 0 spiro atoms. The fourth-order valence-corrected chi connectivity index (χ4v) is 1.29. The number of rotatable bonds is 2. The van der Waals surface area contributed by atoms with Gasteiger partial charge >= 0.3 is 6.18 Å². The molecule has 0 fully saturated rings. The van der Waals surface area contributed by atoms with Crippen molar-refractivity contribution in [1.82, 2.24) is 0 Å². The minimum Gasteiger partial charge on any atom is -0.507 e. The van der Waals surface area contributed by atoms with Gasteiger partial charge < -0.3 is 10.4 Å². The zero-order valence-electron chi connectivity index (χ0n) is 9.75. The number of benzene rings is 1. The molecule has 1 amide bonds. The molecule has 7 heteroatoms. The van der Waals surface area contributed by atoms with Gasteiger partial charge in [-0.15, -0.1) is 0 Å². The van der Waals surface area contributed by atoms with Crippen molar-refractivity contribution in [3.05, 3.63) is 35.4 Å². The third-order valence-corrected chi connectivity index (χ3v) is 2.21. The van der Waals surface area contributed by atoms with Gasteiger partial charge in [0.1, 0.15) is 17.4 Å². The Labute approximate surface area is 106 Å². The van der Waals surface area contributed by atoms with Crippen LogP contribution in [0.2, 0.25) is 0 Å². The largest absolute Gasteiger partial charge is 0.507 e. The number of halogens is 3. The Balaban J connectivity index is 2.98. The van der Waals surface area contributed by atoms with Gasteiger partial charge in [0.25, 0.3) is 5.91 Å². The summed E-state index contributed by atoms with van der Waals surface area (Å²) < 4.78 is 37.1. The molecule has 0 aliphatic heterocycles. The predicted octanol–water partition coefficient (Wildman–Crippen LogP) is 2.82. The van der Waals surface area contributed by atoms with Crippen molar-refractivity contribution in [2.24, 2.45) is 0 Å². The van der Waals surface area contributed by atoms with Gasteiger partial charge in [-0.05, 0) is 19.1 Å². The molecule has 4 nitrogen and oxygen atoms in total. The van der Waals surface area contributed by atoms with Crippen LogP contribution in [0.4, 0.5) is 18.9 Å².